The Morgan fingerprint density at radius 1 is 1.10 bits per heavy atom. The van der Waals surface area contributed by atoms with Crippen LogP contribution < -0.4 is 10.9 Å². The van der Waals surface area contributed by atoms with Gasteiger partial charge in [-0.1, -0.05) is 18.2 Å². The molecule has 0 aliphatic carbocycles. The Kier molecular flexibility index (Phi) is 4.21. The lowest BCUT2D eigenvalue weighted by Crippen LogP contribution is -2.21. The second kappa shape index (κ2) is 6.07. The Bertz CT molecular complexity index is 621. The van der Waals surface area contributed by atoms with Crippen LogP contribution in [-0.2, 0) is 6.54 Å². The molecule has 0 unspecified atom stereocenters. The van der Waals surface area contributed by atoms with Crippen LogP contribution in [0, 0.1) is 21.7 Å². The molecule has 20 heavy (non-hydrogen) atoms. The smallest absolute Gasteiger partial charge is 0.305 e. The predicted molar refractivity (Wildman–Crippen MR) is 69.9 cm³/mol. The number of benzene rings is 2. The van der Waals surface area contributed by atoms with Gasteiger partial charge in [-0.05, 0) is 12.1 Å². The van der Waals surface area contributed by atoms with Gasteiger partial charge in [0.05, 0.1) is 4.92 Å². The molecule has 7 heteroatoms. The van der Waals surface area contributed by atoms with E-state index in [1.807, 2.05) is 18.2 Å². The third kappa shape index (κ3) is 3.27. The highest BCUT2D eigenvalue weighted by molar-refractivity contribution is 5.42. The monoisotopic (exact) mass is 279 g/mol. The summed E-state index contributed by atoms with van der Waals surface area (Å²) in [5, 5.41) is 10.6. The van der Waals surface area contributed by atoms with Gasteiger partial charge in [-0.2, -0.15) is 4.39 Å². The number of nitro benzene ring substituents is 1. The van der Waals surface area contributed by atoms with Crippen LogP contribution in [0.3, 0.4) is 0 Å². The minimum absolute atomic E-state index is 0.00142. The van der Waals surface area contributed by atoms with Crippen LogP contribution in [0.1, 0.15) is 5.56 Å². The lowest BCUT2D eigenvalue weighted by Gasteiger charge is -2.09. The molecule has 0 saturated heterocycles. The molecule has 0 spiro atoms. The van der Waals surface area contributed by atoms with E-state index in [-0.39, 0.29) is 12.1 Å². The highest BCUT2D eigenvalue weighted by Gasteiger charge is 2.18. The molecule has 0 atom stereocenters. The van der Waals surface area contributed by atoms with E-state index < -0.39 is 22.2 Å². The number of hydrazine groups is 1. The van der Waals surface area contributed by atoms with Crippen LogP contribution in [0.15, 0.2) is 42.5 Å². The maximum Gasteiger partial charge on any atom is 0.305 e. The normalized spacial score (nSPS) is 10.3. The number of nitro groups is 1. The maximum atomic E-state index is 13.5. The summed E-state index contributed by atoms with van der Waals surface area (Å²) in [5.74, 6) is -2.03. The molecule has 2 rings (SSSR count). The number of rotatable bonds is 5. The molecule has 0 aliphatic heterocycles. The molecule has 0 saturated carbocycles. The summed E-state index contributed by atoms with van der Waals surface area (Å²) in [6, 6.07) is 10.4. The molecule has 0 heterocycles. The molecule has 0 bridgehead atoms. The highest BCUT2D eigenvalue weighted by atomic mass is 19.1. The standard InChI is InChI=1S/C13H11F2N3O2/c14-11-7-12(15)13(18(19)20)6-9(11)8-16-17-10-4-2-1-3-5-10/h1-7,16-17H,8H2. The summed E-state index contributed by atoms with van der Waals surface area (Å²) in [7, 11) is 0. The second-order valence-electron chi connectivity index (χ2n) is 4.00. The Labute approximate surface area is 113 Å². The number of para-hydroxylation sites is 1. The van der Waals surface area contributed by atoms with E-state index >= 15 is 0 Å². The largest absolute Gasteiger partial charge is 0.321 e. The molecule has 0 aliphatic rings. The highest BCUT2D eigenvalue weighted by Crippen LogP contribution is 2.21. The number of nitrogens with one attached hydrogen (secondary N) is 2. The predicted octanol–water partition coefficient (Wildman–Crippen LogP) is 2.99. The number of hydrogen-bond donors (Lipinski definition) is 2. The van der Waals surface area contributed by atoms with E-state index in [4.69, 9.17) is 0 Å². The first kappa shape index (κ1) is 13.9. The van der Waals surface area contributed by atoms with E-state index in [0.29, 0.717) is 6.07 Å². The molecular weight excluding hydrogens is 268 g/mol. The van der Waals surface area contributed by atoms with Crippen molar-refractivity contribution in [2.45, 2.75) is 6.54 Å². The summed E-state index contributed by atoms with van der Waals surface area (Å²) in [5.41, 5.74) is 5.52. The van der Waals surface area contributed by atoms with Gasteiger partial charge < -0.3 is 5.43 Å². The fraction of sp³-hybridized carbons (Fsp3) is 0.0769. The molecule has 2 N–H and O–H groups in total. The lowest BCUT2D eigenvalue weighted by molar-refractivity contribution is -0.387. The molecule has 2 aromatic carbocycles. The van der Waals surface area contributed by atoms with E-state index in [1.54, 1.807) is 12.1 Å². The van der Waals surface area contributed by atoms with Crippen molar-refractivity contribution >= 4 is 11.4 Å². The van der Waals surface area contributed by atoms with Gasteiger partial charge in [0.1, 0.15) is 5.82 Å². The van der Waals surface area contributed by atoms with Crippen molar-refractivity contribution in [1.29, 1.82) is 0 Å². The summed E-state index contributed by atoms with van der Waals surface area (Å²) >= 11 is 0. The Balaban J connectivity index is 2.06. The zero-order valence-corrected chi connectivity index (χ0v) is 10.3. The average Bonchev–Trinajstić information content (AvgIpc) is 2.42. The molecular formula is C13H11F2N3O2. The first-order valence-corrected chi connectivity index (χ1v) is 5.74. The zero-order chi connectivity index (χ0) is 14.5. The van der Waals surface area contributed by atoms with E-state index in [2.05, 4.69) is 10.9 Å². The van der Waals surface area contributed by atoms with Crippen LogP contribution >= 0.6 is 0 Å². The molecule has 0 radical (unpaired) electrons. The van der Waals surface area contributed by atoms with Crippen molar-refractivity contribution in [2.24, 2.45) is 0 Å². The summed E-state index contributed by atoms with van der Waals surface area (Å²) in [6.07, 6.45) is 0. The number of anilines is 1. The third-order valence-electron chi connectivity index (χ3n) is 2.60. The number of hydrogen-bond acceptors (Lipinski definition) is 4. The topological polar surface area (TPSA) is 67.2 Å². The molecule has 0 fully saturated rings. The van der Waals surface area contributed by atoms with E-state index in [0.717, 1.165) is 11.8 Å². The Hall–Kier alpha value is -2.54. The minimum Gasteiger partial charge on any atom is -0.321 e. The van der Waals surface area contributed by atoms with Gasteiger partial charge in [0, 0.05) is 29.9 Å². The van der Waals surface area contributed by atoms with Crippen molar-refractivity contribution < 1.29 is 13.7 Å². The van der Waals surface area contributed by atoms with Crippen molar-refractivity contribution in [3.05, 3.63) is 69.8 Å². The summed E-state index contributed by atoms with van der Waals surface area (Å²) < 4.78 is 26.6. The SMILES string of the molecule is O=[N+]([O-])c1cc(CNNc2ccccc2)c(F)cc1F. The van der Waals surface area contributed by atoms with Gasteiger partial charge in [0.2, 0.25) is 5.82 Å². The van der Waals surface area contributed by atoms with Crippen LogP contribution in [0.2, 0.25) is 0 Å². The molecule has 104 valence electrons. The first-order chi connectivity index (χ1) is 9.58. The van der Waals surface area contributed by atoms with Crippen molar-refractivity contribution in [3.63, 3.8) is 0 Å². The quantitative estimate of drug-likeness (QED) is 0.652. The Morgan fingerprint density at radius 2 is 1.80 bits per heavy atom. The first-order valence-electron chi connectivity index (χ1n) is 5.74. The molecule has 0 aromatic heterocycles. The van der Waals surface area contributed by atoms with Crippen molar-refractivity contribution in [3.8, 4) is 0 Å². The fourth-order valence-corrected chi connectivity index (χ4v) is 1.62. The lowest BCUT2D eigenvalue weighted by atomic mass is 10.2. The van der Waals surface area contributed by atoms with Crippen molar-refractivity contribution in [1.82, 2.24) is 5.43 Å². The van der Waals surface area contributed by atoms with Gasteiger partial charge in [-0.25, -0.2) is 9.82 Å². The van der Waals surface area contributed by atoms with Crippen LogP contribution in [0.25, 0.3) is 0 Å². The van der Waals surface area contributed by atoms with E-state index in [9.17, 15) is 18.9 Å². The number of nitrogens with zero attached hydrogens (tertiary/aromatic N) is 1. The van der Waals surface area contributed by atoms with Crippen LogP contribution in [-0.4, -0.2) is 4.92 Å². The van der Waals surface area contributed by atoms with Gasteiger partial charge in [0.15, 0.2) is 0 Å². The molecule has 5 nitrogen and oxygen atoms in total. The minimum atomic E-state index is -1.19. The van der Waals surface area contributed by atoms with E-state index in [1.165, 1.54) is 0 Å². The zero-order valence-electron chi connectivity index (χ0n) is 10.3. The molecule has 0 amide bonds. The van der Waals surface area contributed by atoms with Gasteiger partial charge in [0.25, 0.3) is 0 Å². The Morgan fingerprint density at radius 3 is 2.45 bits per heavy atom. The van der Waals surface area contributed by atoms with Crippen LogP contribution in [0.5, 0.6) is 0 Å². The third-order valence-corrected chi connectivity index (χ3v) is 2.60. The summed E-state index contributed by atoms with van der Waals surface area (Å²) in [6.45, 7) is -0.0259. The summed E-state index contributed by atoms with van der Waals surface area (Å²) in [4.78, 5) is 9.70. The second-order valence-corrected chi connectivity index (χ2v) is 4.00. The average molecular weight is 279 g/mol. The number of halogens is 2. The fourth-order valence-electron chi connectivity index (χ4n) is 1.62. The van der Waals surface area contributed by atoms with Crippen molar-refractivity contribution in [2.75, 3.05) is 5.43 Å². The van der Waals surface area contributed by atoms with Crippen LogP contribution in [0.4, 0.5) is 20.2 Å². The van der Waals surface area contributed by atoms with Gasteiger partial charge in [-0.15, -0.1) is 0 Å². The van der Waals surface area contributed by atoms with Gasteiger partial charge in [-0.3, -0.25) is 10.1 Å². The van der Waals surface area contributed by atoms with Gasteiger partial charge >= 0.3 is 5.69 Å². The molecule has 2 aromatic rings. The maximum absolute atomic E-state index is 13.5.